The fourth-order valence-corrected chi connectivity index (χ4v) is 0.149. The van der Waals surface area contributed by atoms with Crippen molar-refractivity contribution in [3.8, 4) is 0 Å². The topological polar surface area (TPSA) is 40.5 Å². The van der Waals surface area contributed by atoms with Gasteiger partial charge in [0.1, 0.15) is 0 Å². The molecule has 0 amide bonds. The SMILES string of the molecule is [CH2][C@H](O)CCO. The molecular formula is C4H9O2. The average Bonchev–Trinajstić information content (AvgIpc) is 1.35. The van der Waals surface area contributed by atoms with Gasteiger partial charge in [-0.2, -0.15) is 0 Å². The van der Waals surface area contributed by atoms with Gasteiger partial charge in [-0.15, -0.1) is 0 Å². The van der Waals surface area contributed by atoms with Gasteiger partial charge in [0.25, 0.3) is 0 Å². The molecule has 0 aliphatic rings. The molecule has 2 heteroatoms. The van der Waals surface area contributed by atoms with Crippen molar-refractivity contribution in [3.63, 3.8) is 0 Å². The maximum absolute atomic E-state index is 8.28. The van der Waals surface area contributed by atoms with Crippen LogP contribution < -0.4 is 0 Å². The van der Waals surface area contributed by atoms with Crippen molar-refractivity contribution < 1.29 is 10.2 Å². The Hall–Kier alpha value is -0.0800. The van der Waals surface area contributed by atoms with E-state index >= 15 is 0 Å². The van der Waals surface area contributed by atoms with Crippen LogP contribution >= 0.6 is 0 Å². The molecule has 37 valence electrons. The van der Waals surface area contributed by atoms with Crippen molar-refractivity contribution in [2.75, 3.05) is 6.61 Å². The van der Waals surface area contributed by atoms with E-state index in [0.29, 0.717) is 6.42 Å². The number of aliphatic hydroxyl groups excluding tert-OH is 2. The average molecular weight is 89.1 g/mol. The lowest BCUT2D eigenvalue weighted by Crippen LogP contribution is -2.01. The van der Waals surface area contributed by atoms with Crippen LogP contribution in [-0.2, 0) is 0 Å². The third-order valence-electron chi connectivity index (χ3n) is 0.462. The Balaban J connectivity index is 2.63. The molecule has 2 N–H and O–H groups in total. The second kappa shape index (κ2) is 3.12. The third-order valence-corrected chi connectivity index (χ3v) is 0.462. The Morgan fingerprint density at radius 3 is 2.17 bits per heavy atom. The molecule has 0 spiro atoms. The predicted octanol–water partition coefficient (Wildman–Crippen LogP) is -0.436. The van der Waals surface area contributed by atoms with Crippen molar-refractivity contribution in [3.05, 3.63) is 6.92 Å². The first kappa shape index (κ1) is 5.92. The van der Waals surface area contributed by atoms with E-state index in [-0.39, 0.29) is 6.61 Å². The highest BCUT2D eigenvalue weighted by atomic mass is 16.3. The molecular weight excluding hydrogens is 80.0 g/mol. The van der Waals surface area contributed by atoms with Crippen molar-refractivity contribution in [2.45, 2.75) is 12.5 Å². The van der Waals surface area contributed by atoms with Crippen LogP contribution in [0.4, 0.5) is 0 Å². The van der Waals surface area contributed by atoms with E-state index in [1.165, 1.54) is 0 Å². The Bertz CT molecular complexity index is 26.7. The maximum atomic E-state index is 8.28. The van der Waals surface area contributed by atoms with Gasteiger partial charge in [-0.25, -0.2) is 0 Å². The zero-order valence-electron chi connectivity index (χ0n) is 3.59. The molecule has 0 bridgehead atoms. The zero-order valence-corrected chi connectivity index (χ0v) is 3.59. The molecule has 1 radical (unpaired) electrons. The molecule has 0 aromatic carbocycles. The normalized spacial score (nSPS) is 14.5. The van der Waals surface area contributed by atoms with E-state index in [0.717, 1.165) is 0 Å². The lowest BCUT2D eigenvalue weighted by Gasteiger charge is -1.94. The van der Waals surface area contributed by atoms with Gasteiger partial charge in [0, 0.05) is 6.61 Å². The first-order valence-corrected chi connectivity index (χ1v) is 1.89. The number of hydrogen-bond acceptors (Lipinski definition) is 2. The largest absolute Gasteiger partial charge is 0.396 e. The molecule has 6 heavy (non-hydrogen) atoms. The van der Waals surface area contributed by atoms with Crippen LogP contribution in [0.25, 0.3) is 0 Å². The van der Waals surface area contributed by atoms with Gasteiger partial charge in [-0.05, 0) is 13.3 Å². The molecule has 0 fully saturated rings. The molecule has 0 aliphatic carbocycles. The van der Waals surface area contributed by atoms with Crippen LogP contribution in [0.2, 0.25) is 0 Å². The van der Waals surface area contributed by atoms with E-state index in [1.54, 1.807) is 0 Å². The number of rotatable bonds is 2. The highest BCUT2D eigenvalue weighted by molar-refractivity contribution is 4.52. The molecule has 2 nitrogen and oxygen atoms in total. The summed E-state index contributed by atoms with van der Waals surface area (Å²) in [7, 11) is 0. The van der Waals surface area contributed by atoms with Gasteiger partial charge in [-0.3, -0.25) is 0 Å². The zero-order chi connectivity index (χ0) is 4.99. The van der Waals surface area contributed by atoms with Crippen LogP contribution in [0, 0.1) is 6.92 Å². The minimum Gasteiger partial charge on any atom is -0.396 e. The third kappa shape index (κ3) is 3.92. The molecule has 0 saturated carbocycles. The van der Waals surface area contributed by atoms with Crippen molar-refractivity contribution in [2.24, 2.45) is 0 Å². The summed E-state index contributed by atoms with van der Waals surface area (Å²) in [4.78, 5) is 0. The second-order valence-corrected chi connectivity index (χ2v) is 1.17. The van der Waals surface area contributed by atoms with Gasteiger partial charge in [0.05, 0.1) is 6.10 Å². The van der Waals surface area contributed by atoms with E-state index < -0.39 is 6.10 Å². The molecule has 0 aromatic heterocycles. The highest BCUT2D eigenvalue weighted by Crippen LogP contribution is 1.82. The standard InChI is InChI=1S/C4H9O2/c1-4(6)2-3-5/h4-6H,1-3H2/t4-/m0/s1. The first-order valence-electron chi connectivity index (χ1n) is 1.89. The van der Waals surface area contributed by atoms with Gasteiger partial charge < -0.3 is 10.2 Å². The molecule has 0 aromatic rings. The maximum Gasteiger partial charge on any atom is 0.0563 e. The molecule has 1 atom stereocenters. The predicted molar refractivity (Wildman–Crippen MR) is 23.1 cm³/mol. The van der Waals surface area contributed by atoms with Gasteiger partial charge >= 0.3 is 0 Å². The van der Waals surface area contributed by atoms with E-state index in [4.69, 9.17) is 10.2 Å². The Morgan fingerprint density at radius 1 is 1.67 bits per heavy atom. The molecule has 0 heterocycles. The van der Waals surface area contributed by atoms with Crippen molar-refractivity contribution >= 4 is 0 Å². The van der Waals surface area contributed by atoms with Crippen molar-refractivity contribution in [1.29, 1.82) is 0 Å². The molecule has 0 unspecified atom stereocenters. The van der Waals surface area contributed by atoms with Gasteiger partial charge in [0.2, 0.25) is 0 Å². The Morgan fingerprint density at radius 2 is 2.17 bits per heavy atom. The second-order valence-electron chi connectivity index (χ2n) is 1.17. The Kier molecular flexibility index (Phi) is 3.08. The lowest BCUT2D eigenvalue weighted by molar-refractivity contribution is 0.168. The summed E-state index contributed by atoms with van der Waals surface area (Å²) in [6, 6.07) is 0. The van der Waals surface area contributed by atoms with E-state index in [1.807, 2.05) is 0 Å². The Labute approximate surface area is 37.4 Å². The number of hydrogen-bond donors (Lipinski definition) is 2. The highest BCUT2D eigenvalue weighted by Gasteiger charge is 1.88. The lowest BCUT2D eigenvalue weighted by atomic mass is 10.3. The quantitative estimate of drug-likeness (QED) is 0.481. The van der Waals surface area contributed by atoms with Crippen LogP contribution in [0.3, 0.4) is 0 Å². The summed E-state index contributed by atoms with van der Waals surface area (Å²) in [6.07, 6.45) is -0.227. The summed E-state index contributed by atoms with van der Waals surface area (Å²) in [5, 5.41) is 16.3. The van der Waals surface area contributed by atoms with Gasteiger partial charge in [-0.1, -0.05) is 0 Å². The van der Waals surface area contributed by atoms with Gasteiger partial charge in [0.15, 0.2) is 0 Å². The number of aliphatic hydroxyl groups is 2. The van der Waals surface area contributed by atoms with E-state index in [9.17, 15) is 0 Å². The summed E-state index contributed by atoms with van der Waals surface area (Å²) in [5.41, 5.74) is 0. The minimum atomic E-state index is -0.602. The molecule has 0 rings (SSSR count). The summed E-state index contributed by atoms with van der Waals surface area (Å²) in [6.45, 7) is 3.24. The van der Waals surface area contributed by atoms with Crippen LogP contribution in [-0.4, -0.2) is 22.9 Å². The monoisotopic (exact) mass is 89.1 g/mol. The van der Waals surface area contributed by atoms with E-state index in [2.05, 4.69) is 6.92 Å². The summed E-state index contributed by atoms with van der Waals surface area (Å²) < 4.78 is 0. The summed E-state index contributed by atoms with van der Waals surface area (Å²) in [5.74, 6) is 0. The first-order chi connectivity index (χ1) is 2.77. The van der Waals surface area contributed by atoms with Crippen LogP contribution in [0.15, 0.2) is 0 Å². The molecule has 0 saturated heterocycles. The fraction of sp³-hybridized carbons (Fsp3) is 0.750. The van der Waals surface area contributed by atoms with Crippen LogP contribution in [0.5, 0.6) is 0 Å². The van der Waals surface area contributed by atoms with Crippen molar-refractivity contribution in [1.82, 2.24) is 0 Å². The fourth-order valence-electron chi connectivity index (χ4n) is 0.149. The molecule has 0 aliphatic heterocycles. The smallest absolute Gasteiger partial charge is 0.0563 e. The van der Waals surface area contributed by atoms with Crippen LogP contribution in [0.1, 0.15) is 6.42 Å². The minimum absolute atomic E-state index is 0.0185. The summed E-state index contributed by atoms with van der Waals surface area (Å²) >= 11 is 0.